The van der Waals surface area contributed by atoms with Gasteiger partial charge in [0.2, 0.25) is 0 Å². The van der Waals surface area contributed by atoms with Crippen molar-refractivity contribution in [2.45, 2.75) is 91.1 Å². The number of aliphatic hydroxyl groups excluding tert-OH is 2. The van der Waals surface area contributed by atoms with Gasteiger partial charge >= 0.3 is 0 Å². The third-order valence-corrected chi connectivity index (χ3v) is 8.19. The van der Waals surface area contributed by atoms with Crippen LogP contribution in [0.15, 0.2) is 23.8 Å². The van der Waals surface area contributed by atoms with Gasteiger partial charge in [0.05, 0.1) is 20.3 Å². The molecule has 0 radical (unpaired) electrons. The fraction of sp³-hybridized carbons (Fsp3) is 0.704. The van der Waals surface area contributed by atoms with Gasteiger partial charge in [-0.05, 0) is 58.3 Å². The van der Waals surface area contributed by atoms with Crippen LogP contribution in [0, 0.1) is 17.3 Å². The Bertz CT molecular complexity index is 749. The predicted octanol–water partition coefficient (Wildman–Crippen LogP) is 6.11. The molecule has 1 saturated carbocycles. The summed E-state index contributed by atoms with van der Waals surface area (Å²) < 4.78 is 5.92. The van der Waals surface area contributed by atoms with E-state index in [-0.39, 0.29) is 30.0 Å². The first-order chi connectivity index (χ1) is 14.2. The zero-order chi connectivity index (χ0) is 22.1. The minimum atomic E-state index is 0.0147. The van der Waals surface area contributed by atoms with E-state index in [9.17, 15) is 10.2 Å². The summed E-state index contributed by atoms with van der Waals surface area (Å²) in [7, 11) is 1.74. The molecule has 0 spiro atoms. The first-order valence-electron chi connectivity index (χ1n) is 11.8. The van der Waals surface area contributed by atoms with Crippen molar-refractivity contribution >= 4 is 0 Å². The van der Waals surface area contributed by atoms with E-state index in [1.807, 2.05) is 0 Å². The predicted molar refractivity (Wildman–Crippen MR) is 124 cm³/mol. The maximum Gasteiger partial charge on any atom is 0.123 e. The van der Waals surface area contributed by atoms with E-state index in [4.69, 9.17) is 4.74 Å². The number of unbranched alkanes of at least 4 members (excludes halogenated alkanes) is 3. The molecule has 0 heterocycles. The Balaban J connectivity index is 1.99. The van der Waals surface area contributed by atoms with Crippen LogP contribution in [0.2, 0.25) is 0 Å². The summed E-state index contributed by atoms with van der Waals surface area (Å²) in [6, 6.07) is 4.42. The lowest BCUT2D eigenvalue weighted by molar-refractivity contribution is -0.0260. The highest BCUT2D eigenvalue weighted by Crippen LogP contribution is 2.64. The molecular formula is C27H42O3. The quantitative estimate of drug-likeness (QED) is 0.358. The van der Waals surface area contributed by atoms with Crippen molar-refractivity contribution in [1.82, 2.24) is 0 Å². The number of hydrogen-bond acceptors (Lipinski definition) is 3. The number of aliphatic hydroxyl groups is 2. The van der Waals surface area contributed by atoms with Crippen LogP contribution in [-0.4, -0.2) is 23.9 Å². The average Bonchev–Trinajstić information content (AvgIpc) is 2.74. The maximum absolute atomic E-state index is 10.3. The van der Waals surface area contributed by atoms with Gasteiger partial charge in [-0.15, -0.1) is 0 Å². The normalized spacial score (nSPS) is 24.9. The van der Waals surface area contributed by atoms with Crippen LogP contribution in [-0.2, 0) is 12.0 Å². The number of allylic oxidation sites excluding steroid dienone is 1. The standard InChI is InChI=1S/C27H42O3/c1-7-8-9-10-11-26(2,3)20-12-19(17-29)25(24(14-20)30-6)21-13-18(16-28)22-15-23(21)27(22,4)5/h12-14,21-23,28-29H,7-11,15-17H2,1-6H3. The van der Waals surface area contributed by atoms with E-state index in [1.165, 1.54) is 31.2 Å². The molecule has 1 aromatic carbocycles. The van der Waals surface area contributed by atoms with Crippen molar-refractivity contribution in [1.29, 1.82) is 0 Å². The van der Waals surface area contributed by atoms with E-state index in [1.54, 1.807) is 7.11 Å². The molecule has 0 aliphatic heterocycles. The smallest absolute Gasteiger partial charge is 0.123 e. The Morgan fingerprint density at radius 3 is 2.40 bits per heavy atom. The van der Waals surface area contributed by atoms with Crippen LogP contribution in [0.3, 0.4) is 0 Å². The van der Waals surface area contributed by atoms with Crippen molar-refractivity contribution in [2.24, 2.45) is 17.3 Å². The number of fused-ring (bicyclic) bond motifs is 1. The number of hydrogen-bond donors (Lipinski definition) is 2. The topological polar surface area (TPSA) is 49.7 Å². The summed E-state index contributed by atoms with van der Waals surface area (Å²) in [5.74, 6) is 2.07. The first-order valence-corrected chi connectivity index (χ1v) is 11.8. The van der Waals surface area contributed by atoms with E-state index in [0.717, 1.165) is 35.3 Å². The molecule has 3 unspecified atom stereocenters. The van der Waals surface area contributed by atoms with E-state index >= 15 is 0 Å². The SMILES string of the molecule is CCCCCCC(C)(C)c1cc(CO)c(C2C=C(CO)C3CC2C3(C)C)c(OC)c1. The van der Waals surface area contributed by atoms with Gasteiger partial charge in [-0.25, -0.2) is 0 Å². The van der Waals surface area contributed by atoms with Gasteiger partial charge in [-0.2, -0.15) is 0 Å². The number of rotatable bonds is 10. The van der Waals surface area contributed by atoms with Crippen molar-refractivity contribution in [3.63, 3.8) is 0 Å². The molecule has 0 aromatic heterocycles. The first kappa shape index (κ1) is 23.3. The lowest BCUT2D eigenvalue weighted by atomic mass is 9.45. The van der Waals surface area contributed by atoms with Gasteiger partial charge in [0.1, 0.15) is 5.75 Å². The Labute approximate surface area is 183 Å². The minimum absolute atomic E-state index is 0.0147. The van der Waals surface area contributed by atoms with E-state index in [0.29, 0.717) is 11.8 Å². The number of methoxy groups -OCH3 is 1. The molecule has 3 nitrogen and oxygen atoms in total. The highest BCUT2D eigenvalue weighted by molar-refractivity contribution is 5.51. The number of benzene rings is 1. The summed E-state index contributed by atoms with van der Waals surface area (Å²) in [4.78, 5) is 0. The molecule has 168 valence electrons. The zero-order valence-corrected chi connectivity index (χ0v) is 19.9. The van der Waals surface area contributed by atoms with Crippen LogP contribution < -0.4 is 4.74 Å². The van der Waals surface area contributed by atoms with Crippen LogP contribution in [0.4, 0.5) is 0 Å². The Morgan fingerprint density at radius 2 is 1.83 bits per heavy atom. The molecule has 4 rings (SSSR count). The van der Waals surface area contributed by atoms with Gasteiger partial charge in [0, 0.05) is 11.5 Å². The molecule has 3 aliphatic rings. The molecule has 2 bridgehead atoms. The van der Waals surface area contributed by atoms with Gasteiger partial charge in [0.15, 0.2) is 0 Å². The second-order valence-corrected chi connectivity index (χ2v) is 10.7. The van der Waals surface area contributed by atoms with Crippen LogP contribution in [0.1, 0.15) is 95.8 Å². The van der Waals surface area contributed by atoms with Crippen molar-refractivity contribution in [3.05, 3.63) is 40.5 Å². The molecule has 3 aliphatic carbocycles. The lowest BCUT2D eigenvalue weighted by Crippen LogP contribution is -2.52. The Hall–Kier alpha value is -1.32. The highest BCUT2D eigenvalue weighted by atomic mass is 16.5. The van der Waals surface area contributed by atoms with Crippen LogP contribution in [0.5, 0.6) is 5.75 Å². The number of ether oxygens (including phenoxy) is 1. The Morgan fingerprint density at radius 1 is 1.10 bits per heavy atom. The summed E-state index contributed by atoms with van der Waals surface area (Å²) in [5, 5.41) is 20.3. The molecule has 3 atom stereocenters. The lowest BCUT2D eigenvalue weighted by Gasteiger charge is -2.59. The maximum atomic E-state index is 10.3. The fourth-order valence-electron chi connectivity index (χ4n) is 6.00. The highest BCUT2D eigenvalue weighted by Gasteiger charge is 2.55. The largest absolute Gasteiger partial charge is 0.496 e. The second-order valence-electron chi connectivity index (χ2n) is 10.7. The van der Waals surface area contributed by atoms with Gasteiger partial charge in [-0.1, -0.05) is 72.4 Å². The fourth-order valence-corrected chi connectivity index (χ4v) is 6.00. The van der Waals surface area contributed by atoms with Gasteiger partial charge in [0.25, 0.3) is 0 Å². The molecule has 0 amide bonds. The van der Waals surface area contributed by atoms with Crippen molar-refractivity contribution in [2.75, 3.05) is 13.7 Å². The van der Waals surface area contributed by atoms with Crippen LogP contribution >= 0.6 is 0 Å². The van der Waals surface area contributed by atoms with Crippen molar-refractivity contribution < 1.29 is 14.9 Å². The summed E-state index contributed by atoms with van der Waals surface area (Å²) in [5.41, 5.74) is 4.71. The van der Waals surface area contributed by atoms with Crippen molar-refractivity contribution in [3.8, 4) is 5.75 Å². The van der Waals surface area contributed by atoms with Crippen LogP contribution in [0.25, 0.3) is 0 Å². The molecule has 3 heteroatoms. The minimum Gasteiger partial charge on any atom is -0.496 e. The summed E-state index contributed by atoms with van der Waals surface area (Å²) in [6.45, 7) is 11.6. The summed E-state index contributed by atoms with van der Waals surface area (Å²) >= 11 is 0. The molecular weight excluding hydrogens is 372 g/mol. The zero-order valence-electron chi connectivity index (χ0n) is 19.9. The third-order valence-electron chi connectivity index (χ3n) is 8.19. The molecule has 0 saturated heterocycles. The monoisotopic (exact) mass is 414 g/mol. The van der Waals surface area contributed by atoms with E-state index in [2.05, 4.69) is 52.8 Å². The van der Waals surface area contributed by atoms with E-state index < -0.39 is 0 Å². The van der Waals surface area contributed by atoms with Gasteiger partial charge < -0.3 is 14.9 Å². The molecule has 2 N–H and O–H groups in total. The van der Waals surface area contributed by atoms with Gasteiger partial charge in [-0.3, -0.25) is 0 Å². The molecule has 30 heavy (non-hydrogen) atoms. The molecule has 1 aromatic rings. The average molecular weight is 415 g/mol. The second kappa shape index (κ2) is 9.04. The Kier molecular flexibility index (Phi) is 7.04. The molecule has 1 fully saturated rings. The third kappa shape index (κ3) is 4.08. The summed E-state index contributed by atoms with van der Waals surface area (Å²) in [6.07, 6.45) is 9.55.